The number of furan rings is 2. The molecule has 0 fully saturated rings. The molecular formula is C42H24N4O2. The van der Waals surface area contributed by atoms with Gasteiger partial charge in [0.1, 0.15) is 22.3 Å². The summed E-state index contributed by atoms with van der Waals surface area (Å²) in [5.74, 6) is 1.76. The van der Waals surface area contributed by atoms with Gasteiger partial charge in [-0.2, -0.15) is 0 Å². The maximum Gasteiger partial charge on any atom is 0.164 e. The van der Waals surface area contributed by atoms with Crippen LogP contribution in [0.2, 0.25) is 0 Å². The molecule has 0 N–H and O–H groups in total. The van der Waals surface area contributed by atoms with E-state index < -0.39 is 0 Å². The highest BCUT2D eigenvalue weighted by Crippen LogP contribution is 2.42. The smallest absolute Gasteiger partial charge is 0.164 e. The fourth-order valence-electron chi connectivity index (χ4n) is 6.75. The van der Waals surface area contributed by atoms with Crippen molar-refractivity contribution in [1.82, 2.24) is 19.9 Å². The Morgan fingerprint density at radius 1 is 0.396 bits per heavy atom. The average Bonchev–Trinajstić information content (AvgIpc) is 3.74. The lowest BCUT2D eigenvalue weighted by molar-refractivity contribution is 0.664. The fraction of sp³-hybridized carbons (Fsp3) is 0. The normalized spacial score (nSPS) is 11.8. The van der Waals surface area contributed by atoms with Crippen molar-refractivity contribution in [2.45, 2.75) is 0 Å². The van der Waals surface area contributed by atoms with Gasteiger partial charge >= 0.3 is 0 Å². The quantitative estimate of drug-likeness (QED) is 0.196. The molecule has 6 aromatic carbocycles. The molecule has 0 unspecified atom stereocenters. The summed E-state index contributed by atoms with van der Waals surface area (Å²) in [7, 11) is 0. The monoisotopic (exact) mass is 616 g/mol. The van der Waals surface area contributed by atoms with Crippen molar-refractivity contribution in [3.05, 3.63) is 146 Å². The van der Waals surface area contributed by atoms with Gasteiger partial charge in [0.25, 0.3) is 0 Å². The van der Waals surface area contributed by atoms with Crippen molar-refractivity contribution >= 4 is 54.6 Å². The summed E-state index contributed by atoms with van der Waals surface area (Å²) in [6, 6.07) is 44.9. The van der Waals surface area contributed by atoms with E-state index in [2.05, 4.69) is 54.6 Å². The number of hydrogen-bond donors (Lipinski definition) is 0. The molecule has 0 radical (unpaired) electrons. The number of nitrogens with zero attached hydrogens (tertiary/aromatic N) is 4. The fourth-order valence-corrected chi connectivity index (χ4v) is 6.75. The molecule has 4 heterocycles. The number of hydrogen-bond acceptors (Lipinski definition) is 6. The molecule has 0 aliphatic rings. The molecule has 0 saturated carbocycles. The van der Waals surface area contributed by atoms with Crippen LogP contribution in [0.4, 0.5) is 0 Å². The Labute approximate surface area is 274 Å². The van der Waals surface area contributed by atoms with Crippen molar-refractivity contribution in [2.24, 2.45) is 0 Å². The second-order valence-electron chi connectivity index (χ2n) is 11.9. The van der Waals surface area contributed by atoms with Crippen LogP contribution in [0.3, 0.4) is 0 Å². The standard InChI is InChI=1S/C42H24N4O2/c1-2-11-26(12-3-1)40-44-41(28-21-20-25-10-4-5-13-27(25)22-28)46-42(45-40)32-17-9-19-36-37(32)34-24-43-23-33(39(34)48-36)31-16-8-15-30-29-14-6-7-18-35(29)47-38(30)31/h1-24H. The number of rotatable bonds is 4. The van der Waals surface area contributed by atoms with Crippen LogP contribution in [0.5, 0.6) is 0 Å². The Bertz CT molecular complexity index is 2850. The van der Waals surface area contributed by atoms with Crippen LogP contribution in [-0.2, 0) is 0 Å². The molecule has 6 nitrogen and oxygen atoms in total. The van der Waals surface area contributed by atoms with Gasteiger partial charge in [-0.15, -0.1) is 0 Å². The van der Waals surface area contributed by atoms with Gasteiger partial charge in [-0.05, 0) is 29.0 Å². The van der Waals surface area contributed by atoms with E-state index in [0.29, 0.717) is 17.5 Å². The summed E-state index contributed by atoms with van der Waals surface area (Å²) in [5, 5.41) is 6.19. The minimum Gasteiger partial charge on any atom is -0.455 e. The molecule has 10 aromatic rings. The van der Waals surface area contributed by atoms with Crippen LogP contribution >= 0.6 is 0 Å². The van der Waals surface area contributed by atoms with Gasteiger partial charge in [0.2, 0.25) is 0 Å². The molecule has 48 heavy (non-hydrogen) atoms. The Morgan fingerprint density at radius 3 is 1.98 bits per heavy atom. The van der Waals surface area contributed by atoms with Crippen LogP contribution in [0.15, 0.2) is 155 Å². The Balaban J connectivity index is 1.21. The molecule has 0 amide bonds. The van der Waals surface area contributed by atoms with Crippen molar-refractivity contribution in [3.8, 4) is 45.3 Å². The lowest BCUT2D eigenvalue weighted by Gasteiger charge is -2.10. The molecule has 0 bridgehead atoms. The van der Waals surface area contributed by atoms with Crippen molar-refractivity contribution in [1.29, 1.82) is 0 Å². The second-order valence-corrected chi connectivity index (χ2v) is 11.9. The van der Waals surface area contributed by atoms with E-state index in [1.54, 1.807) is 0 Å². The highest BCUT2D eigenvalue weighted by Gasteiger charge is 2.21. The number of para-hydroxylation sites is 2. The second kappa shape index (κ2) is 10.4. The summed E-state index contributed by atoms with van der Waals surface area (Å²) in [4.78, 5) is 19.8. The molecule has 0 aliphatic carbocycles. The summed E-state index contributed by atoms with van der Waals surface area (Å²) in [6.07, 6.45) is 3.71. The van der Waals surface area contributed by atoms with E-state index in [9.17, 15) is 0 Å². The molecule has 0 aliphatic heterocycles. The van der Waals surface area contributed by atoms with E-state index >= 15 is 0 Å². The first kappa shape index (κ1) is 26.5. The van der Waals surface area contributed by atoms with E-state index in [-0.39, 0.29) is 0 Å². The number of benzene rings is 6. The van der Waals surface area contributed by atoms with Crippen molar-refractivity contribution < 1.29 is 8.83 Å². The van der Waals surface area contributed by atoms with E-state index in [1.165, 1.54) is 0 Å². The predicted molar refractivity (Wildman–Crippen MR) is 191 cm³/mol. The summed E-state index contributed by atoms with van der Waals surface area (Å²) < 4.78 is 13.0. The number of pyridine rings is 1. The zero-order valence-electron chi connectivity index (χ0n) is 25.5. The topological polar surface area (TPSA) is 77.8 Å². The lowest BCUT2D eigenvalue weighted by Crippen LogP contribution is -2.00. The zero-order valence-corrected chi connectivity index (χ0v) is 25.5. The third-order valence-electron chi connectivity index (χ3n) is 9.01. The zero-order chi connectivity index (χ0) is 31.6. The minimum atomic E-state index is 0.560. The highest BCUT2D eigenvalue weighted by atomic mass is 16.3. The summed E-state index contributed by atoms with van der Waals surface area (Å²) >= 11 is 0. The molecular weight excluding hydrogens is 592 g/mol. The van der Waals surface area contributed by atoms with E-state index in [4.69, 9.17) is 28.8 Å². The largest absolute Gasteiger partial charge is 0.455 e. The first-order chi connectivity index (χ1) is 23.8. The molecule has 6 heteroatoms. The summed E-state index contributed by atoms with van der Waals surface area (Å²) in [6.45, 7) is 0. The first-order valence-corrected chi connectivity index (χ1v) is 15.8. The van der Waals surface area contributed by atoms with Gasteiger partial charge in [-0.1, -0.05) is 115 Å². The number of aromatic nitrogens is 4. The molecule has 10 rings (SSSR count). The van der Waals surface area contributed by atoms with Crippen molar-refractivity contribution in [3.63, 3.8) is 0 Å². The van der Waals surface area contributed by atoms with Crippen LogP contribution in [-0.4, -0.2) is 19.9 Å². The SMILES string of the molecule is c1ccc(-c2nc(-c3ccc4ccccc4c3)nc(-c3cccc4oc5c(-c6cccc7c6oc6ccccc67)cncc5c34)n2)cc1. The molecule has 224 valence electrons. The van der Waals surface area contributed by atoms with E-state index in [1.807, 2.05) is 91.3 Å². The average molecular weight is 617 g/mol. The van der Waals surface area contributed by atoms with Crippen molar-refractivity contribution in [2.75, 3.05) is 0 Å². The third kappa shape index (κ3) is 4.13. The molecule has 0 spiro atoms. The van der Waals surface area contributed by atoms with Gasteiger partial charge in [0.05, 0.1) is 0 Å². The van der Waals surface area contributed by atoms with Crippen LogP contribution in [0.1, 0.15) is 0 Å². The van der Waals surface area contributed by atoms with Gasteiger partial charge in [0.15, 0.2) is 17.5 Å². The van der Waals surface area contributed by atoms with Gasteiger partial charge in [-0.25, -0.2) is 15.0 Å². The van der Waals surface area contributed by atoms with Gasteiger partial charge in [-0.3, -0.25) is 4.98 Å². The van der Waals surface area contributed by atoms with E-state index in [0.717, 1.165) is 82.5 Å². The van der Waals surface area contributed by atoms with Crippen LogP contribution in [0, 0.1) is 0 Å². The maximum atomic E-state index is 6.65. The number of fused-ring (bicyclic) bond motifs is 7. The van der Waals surface area contributed by atoms with Gasteiger partial charge < -0.3 is 8.83 Å². The molecule has 0 atom stereocenters. The highest BCUT2D eigenvalue weighted by molar-refractivity contribution is 6.17. The van der Waals surface area contributed by atoms with Gasteiger partial charge in [0, 0.05) is 61.8 Å². The Kier molecular flexibility index (Phi) is 5.77. The minimum absolute atomic E-state index is 0.560. The summed E-state index contributed by atoms with van der Waals surface area (Å²) in [5.41, 5.74) is 7.56. The van der Waals surface area contributed by atoms with Crippen LogP contribution < -0.4 is 0 Å². The molecule has 4 aromatic heterocycles. The Hall–Kier alpha value is -6.66. The Morgan fingerprint density at radius 2 is 1.06 bits per heavy atom. The predicted octanol–water partition coefficient (Wildman–Crippen LogP) is 10.9. The first-order valence-electron chi connectivity index (χ1n) is 15.8. The third-order valence-corrected chi connectivity index (χ3v) is 9.01. The van der Waals surface area contributed by atoms with Crippen LogP contribution in [0.25, 0.3) is 99.9 Å². The molecule has 0 saturated heterocycles. The maximum absolute atomic E-state index is 6.65. The lowest BCUT2D eigenvalue weighted by atomic mass is 10.0.